The van der Waals surface area contributed by atoms with E-state index in [1.807, 2.05) is 7.05 Å². The Morgan fingerprint density at radius 1 is 1.54 bits per heavy atom. The van der Waals surface area contributed by atoms with Gasteiger partial charge in [0.25, 0.3) is 0 Å². The van der Waals surface area contributed by atoms with Crippen molar-refractivity contribution in [3.8, 4) is 0 Å². The van der Waals surface area contributed by atoms with Crippen LogP contribution in [0.3, 0.4) is 0 Å². The molecule has 2 heteroatoms. The average Bonchev–Trinajstić information content (AvgIpc) is 2.85. The van der Waals surface area contributed by atoms with Crippen LogP contribution in [0.5, 0.6) is 0 Å². The molecule has 0 spiro atoms. The van der Waals surface area contributed by atoms with E-state index < -0.39 is 0 Å². The number of hydrogen-bond donors (Lipinski definition) is 1. The van der Waals surface area contributed by atoms with Gasteiger partial charge in [-0.3, -0.25) is 0 Å². The van der Waals surface area contributed by atoms with Crippen molar-refractivity contribution < 1.29 is 0 Å². The largest absolute Gasteiger partial charge is 0.319 e. The zero-order chi connectivity index (χ0) is 9.26. The van der Waals surface area contributed by atoms with Crippen LogP contribution in [0.25, 0.3) is 0 Å². The lowest BCUT2D eigenvalue weighted by Gasteiger charge is -2.00. The third-order valence-electron chi connectivity index (χ3n) is 2.67. The number of halogens is 1. The third-order valence-corrected chi connectivity index (χ3v) is 3.16. The molecule has 0 aliphatic heterocycles. The molecule has 1 aliphatic rings. The van der Waals surface area contributed by atoms with Crippen LogP contribution in [-0.4, -0.2) is 13.6 Å². The minimum absolute atomic E-state index is 0.796. The Balaban J connectivity index is 2.03. The van der Waals surface area contributed by atoms with E-state index in [-0.39, 0.29) is 0 Å². The highest BCUT2D eigenvalue weighted by Crippen LogP contribution is 2.47. The van der Waals surface area contributed by atoms with E-state index in [1.54, 1.807) is 0 Å². The second kappa shape index (κ2) is 3.81. The highest BCUT2D eigenvalue weighted by molar-refractivity contribution is 9.10. The van der Waals surface area contributed by atoms with Gasteiger partial charge < -0.3 is 5.32 Å². The van der Waals surface area contributed by atoms with Gasteiger partial charge in [-0.2, -0.15) is 0 Å². The van der Waals surface area contributed by atoms with Crippen molar-refractivity contribution in [1.82, 2.24) is 5.32 Å². The van der Waals surface area contributed by atoms with E-state index in [1.165, 1.54) is 16.5 Å². The molecule has 1 N–H and O–H groups in total. The first-order chi connectivity index (χ1) is 6.31. The lowest BCUT2D eigenvalue weighted by Crippen LogP contribution is -2.10. The fourth-order valence-electron chi connectivity index (χ4n) is 1.88. The topological polar surface area (TPSA) is 12.0 Å². The molecule has 1 aromatic carbocycles. The summed E-state index contributed by atoms with van der Waals surface area (Å²) in [5.41, 5.74) is 1.48. The molecule has 0 saturated heterocycles. The predicted molar refractivity (Wildman–Crippen MR) is 58.9 cm³/mol. The summed E-state index contributed by atoms with van der Waals surface area (Å²) in [6.45, 7) is 1.15. The Bertz CT molecular complexity index is 298. The average molecular weight is 240 g/mol. The molecule has 2 unspecified atom stereocenters. The SMILES string of the molecule is CNCC1CC1c1cccc(Br)c1. The first-order valence-corrected chi connectivity index (χ1v) is 5.50. The van der Waals surface area contributed by atoms with E-state index >= 15 is 0 Å². The maximum Gasteiger partial charge on any atom is 0.0178 e. The van der Waals surface area contributed by atoms with Crippen molar-refractivity contribution in [2.75, 3.05) is 13.6 Å². The second-order valence-electron chi connectivity index (χ2n) is 3.71. The number of hydrogen-bond acceptors (Lipinski definition) is 1. The van der Waals surface area contributed by atoms with Crippen molar-refractivity contribution >= 4 is 15.9 Å². The van der Waals surface area contributed by atoms with Crippen LogP contribution in [0.4, 0.5) is 0 Å². The monoisotopic (exact) mass is 239 g/mol. The van der Waals surface area contributed by atoms with Crippen LogP contribution in [0.2, 0.25) is 0 Å². The Kier molecular flexibility index (Phi) is 2.70. The first kappa shape index (κ1) is 9.22. The normalized spacial score (nSPS) is 26.0. The molecule has 1 saturated carbocycles. The summed E-state index contributed by atoms with van der Waals surface area (Å²) in [5.74, 6) is 1.66. The van der Waals surface area contributed by atoms with Gasteiger partial charge in [-0.15, -0.1) is 0 Å². The van der Waals surface area contributed by atoms with Crippen molar-refractivity contribution in [2.24, 2.45) is 5.92 Å². The maximum absolute atomic E-state index is 3.50. The quantitative estimate of drug-likeness (QED) is 0.856. The Morgan fingerprint density at radius 2 is 2.38 bits per heavy atom. The summed E-state index contributed by atoms with van der Waals surface area (Å²) in [7, 11) is 2.02. The summed E-state index contributed by atoms with van der Waals surface area (Å²) in [4.78, 5) is 0. The molecule has 2 rings (SSSR count). The summed E-state index contributed by atoms with van der Waals surface area (Å²) >= 11 is 3.50. The highest BCUT2D eigenvalue weighted by Gasteiger charge is 2.37. The molecule has 1 fully saturated rings. The Morgan fingerprint density at radius 3 is 3.08 bits per heavy atom. The zero-order valence-corrected chi connectivity index (χ0v) is 9.34. The van der Waals surface area contributed by atoms with E-state index in [4.69, 9.17) is 0 Å². The van der Waals surface area contributed by atoms with E-state index in [0.29, 0.717) is 0 Å². The molecule has 0 bridgehead atoms. The molecule has 0 amide bonds. The van der Waals surface area contributed by atoms with Gasteiger partial charge in [0.2, 0.25) is 0 Å². The van der Waals surface area contributed by atoms with Gasteiger partial charge in [-0.1, -0.05) is 28.1 Å². The summed E-state index contributed by atoms with van der Waals surface area (Å²) in [5, 5.41) is 3.23. The standard InChI is InChI=1S/C11H14BrN/c1-13-7-9-6-11(9)8-3-2-4-10(12)5-8/h2-5,9,11,13H,6-7H2,1H3. The van der Waals surface area contributed by atoms with Crippen LogP contribution in [0.1, 0.15) is 17.9 Å². The van der Waals surface area contributed by atoms with Crippen LogP contribution in [0, 0.1) is 5.92 Å². The lowest BCUT2D eigenvalue weighted by atomic mass is 10.1. The van der Waals surface area contributed by atoms with Gasteiger partial charge >= 0.3 is 0 Å². The highest BCUT2D eigenvalue weighted by atomic mass is 79.9. The minimum atomic E-state index is 0.796. The molecule has 0 heterocycles. The van der Waals surface area contributed by atoms with Crippen LogP contribution >= 0.6 is 15.9 Å². The fourth-order valence-corrected chi connectivity index (χ4v) is 2.30. The smallest absolute Gasteiger partial charge is 0.0178 e. The minimum Gasteiger partial charge on any atom is -0.319 e. The van der Waals surface area contributed by atoms with Gasteiger partial charge in [0.15, 0.2) is 0 Å². The Labute approximate surface area is 87.7 Å². The van der Waals surface area contributed by atoms with Crippen LogP contribution < -0.4 is 5.32 Å². The maximum atomic E-state index is 3.50. The van der Waals surface area contributed by atoms with Gasteiger partial charge in [-0.05, 0) is 49.5 Å². The van der Waals surface area contributed by atoms with E-state index in [9.17, 15) is 0 Å². The first-order valence-electron chi connectivity index (χ1n) is 4.71. The number of nitrogens with one attached hydrogen (secondary N) is 1. The van der Waals surface area contributed by atoms with Crippen molar-refractivity contribution in [2.45, 2.75) is 12.3 Å². The van der Waals surface area contributed by atoms with Gasteiger partial charge in [0.05, 0.1) is 0 Å². The van der Waals surface area contributed by atoms with Gasteiger partial charge in [0.1, 0.15) is 0 Å². The van der Waals surface area contributed by atoms with Crippen molar-refractivity contribution in [3.63, 3.8) is 0 Å². The van der Waals surface area contributed by atoms with Crippen molar-refractivity contribution in [3.05, 3.63) is 34.3 Å². The third kappa shape index (κ3) is 2.12. The fraction of sp³-hybridized carbons (Fsp3) is 0.455. The van der Waals surface area contributed by atoms with Gasteiger partial charge in [-0.25, -0.2) is 0 Å². The second-order valence-corrected chi connectivity index (χ2v) is 4.63. The molecule has 13 heavy (non-hydrogen) atoms. The van der Waals surface area contributed by atoms with Crippen molar-refractivity contribution in [1.29, 1.82) is 0 Å². The molecule has 2 atom stereocenters. The predicted octanol–water partition coefficient (Wildman–Crippen LogP) is 2.77. The summed E-state index contributed by atoms with van der Waals surface area (Å²) in [6.07, 6.45) is 1.34. The lowest BCUT2D eigenvalue weighted by molar-refractivity contribution is 0.698. The Hall–Kier alpha value is -0.340. The zero-order valence-electron chi connectivity index (χ0n) is 7.76. The van der Waals surface area contributed by atoms with Gasteiger partial charge in [0, 0.05) is 4.47 Å². The van der Waals surface area contributed by atoms with Crippen LogP contribution in [-0.2, 0) is 0 Å². The number of benzene rings is 1. The van der Waals surface area contributed by atoms with Crippen LogP contribution in [0.15, 0.2) is 28.7 Å². The molecular formula is C11H14BrN. The molecule has 70 valence electrons. The van der Waals surface area contributed by atoms with E-state index in [0.717, 1.165) is 18.4 Å². The summed E-state index contributed by atoms with van der Waals surface area (Å²) < 4.78 is 1.19. The molecule has 1 nitrogen and oxygen atoms in total. The molecular weight excluding hydrogens is 226 g/mol. The van der Waals surface area contributed by atoms with E-state index in [2.05, 4.69) is 45.5 Å². The molecule has 0 radical (unpaired) electrons. The molecule has 1 aliphatic carbocycles. The molecule has 0 aromatic heterocycles. The molecule has 1 aromatic rings. The number of rotatable bonds is 3. The summed E-state index contributed by atoms with van der Waals surface area (Å²) in [6, 6.07) is 8.67.